The molecule has 3 N–H and O–H groups in total. The zero-order valence-corrected chi connectivity index (χ0v) is 22.4. The first kappa shape index (κ1) is 27.1. The molecule has 10 heteroatoms. The average Bonchev–Trinajstić information content (AvgIpc) is 3.06. The predicted octanol–water partition coefficient (Wildman–Crippen LogP) is 3.08. The lowest BCUT2D eigenvalue weighted by Gasteiger charge is -2.45. The molecule has 0 aliphatic carbocycles. The number of alkyl halides is 2. The molecule has 0 radical (unpaired) electrons. The fourth-order valence-corrected chi connectivity index (χ4v) is 9.80. The van der Waals surface area contributed by atoms with Crippen LogP contribution < -0.4 is 21.8 Å². The Morgan fingerprint density at radius 1 is 1.08 bits per heavy atom. The maximum absolute atomic E-state index is 15.5. The fourth-order valence-electron chi connectivity index (χ4n) is 5.18. The molecule has 0 saturated carbocycles. The van der Waals surface area contributed by atoms with Gasteiger partial charge in [0, 0.05) is 6.20 Å². The summed E-state index contributed by atoms with van der Waals surface area (Å²) in [5, 5.41) is 12.5. The first-order valence-electron chi connectivity index (χ1n) is 12.2. The Morgan fingerprint density at radius 3 is 2.08 bits per heavy atom. The maximum atomic E-state index is 15.5. The minimum atomic E-state index is -3.79. The van der Waals surface area contributed by atoms with Crippen LogP contribution in [0.25, 0.3) is 0 Å². The van der Waals surface area contributed by atoms with E-state index < -0.39 is 42.9 Å². The van der Waals surface area contributed by atoms with Crippen molar-refractivity contribution in [2.75, 3.05) is 12.3 Å². The third-order valence-corrected chi connectivity index (χ3v) is 12.2. The van der Waals surface area contributed by atoms with Gasteiger partial charge >= 0.3 is 11.6 Å². The quantitative estimate of drug-likeness (QED) is 0.457. The van der Waals surface area contributed by atoms with E-state index in [4.69, 9.17) is 14.9 Å². The van der Waals surface area contributed by atoms with Crippen molar-refractivity contribution in [1.82, 2.24) is 9.55 Å². The highest BCUT2D eigenvalue weighted by molar-refractivity contribution is 6.99. The van der Waals surface area contributed by atoms with Crippen LogP contribution in [0.2, 0.25) is 5.04 Å². The van der Waals surface area contributed by atoms with E-state index in [0.29, 0.717) is 4.57 Å². The van der Waals surface area contributed by atoms with Crippen molar-refractivity contribution in [3.05, 3.63) is 83.4 Å². The zero-order valence-electron chi connectivity index (χ0n) is 21.4. The molecular weight excluding hydrogens is 496 g/mol. The summed E-state index contributed by atoms with van der Waals surface area (Å²) in [4.78, 5) is 15.9. The van der Waals surface area contributed by atoms with Crippen molar-refractivity contribution in [2.24, 2.45) is 0 Å². The number of benzene rings is 2. The Balaban J connectivity index is 1.80. The second kappa shape index (κ2) is 9.75. The minimum absolute atomic E-state index is 0.0234. The Bertz CT molecular complexity index is 1240. The molecule has 2 heterocycles. The first-order valence-corrected chi connectivity index (χ1v) is 14.1. The zero-order chi connectivity index (χ0) is 27.1. The van der Waals surface area contributed by atoms with Crippen LogP contribution in [0.1, 0.15) is 40.3 Å². The second-order valence-corrected chi connectivity index (χ2v) is 14.8. The molecule has 3 aromatic rings. The van der Waals surface area contributed by atoms with Crippen LogP contribution in [-0.4, -0.2) is 47.2 Å². The van der Waals surface area contributed by atoms with Gasteiger partial charge in [0.2, 0.25) is 6.23 Å². The van der Waals surface area contributed by atoms with Gasteiger partial charge in [-0.1, -0.05) is 88.4 Å². The van der Waals surface area contributed by atoms with Crippen molar-refractivity contribution in [3.8, 4) is 0 Å². The van der Waals surface area contributed by atoms with E-state index in [9.17, 15) is 9.90 Å². The summed E-state index contributed by atoms with van der Waals surface area (Å²) in [5.74, 6) is -3.88. The van der Waals surface area contributed by atoms with Gasteiger partial charge in [-0.3, -0.25) is 4.57 Å². The highest BCUT2D eigenvalue weighted by Crippen LogP contribution is 2.50. The summed E-state index contributed by atoms with van der Waals surface area (Å²) < 4.78 is 44.4. The SMILES string of the molecule is CC[C@]1(CO[Si](c2ccccc2)(c2ccccc2)C(C)(C)C)O[C@@H](n2ccc(N)nc2=O)C(F)(F)[C@@H]1O. The number of aliphatic hydroxyl groups is 1. The van der Waals surface area contributed by atoms with E-state index in [0.717, 1.165) is 16.6 Å². The lowest BCUT2D eigenvalue weighted by Crippen LogP contribution is -2.68. The smallest absolute Gasteiger partial charge is 0.351 e. The Morgan fingerprint density at radius 2 is 1.62 bits per heavy atom. The number of hydrogen-bond acceptors (Lipinski definition) is 6. The van der Waals surface area contributed by atoms with Gasteiger partial charge in [-0.25, -0.2) is 4.79 Å². The van der Waals surface area contributed by atoms with Gasteiger partial charge in [0.15, 0.2) is 6.10 Å². The van der Waals surface area contributed by atoms with Crippen LogP contribution in [0.4, 0.5) is 14.6 Å². The first-order chi connectivity index (χ1) is 17.4. The van der Waals surface area contributed by atoms with Crippen molar-refractivity contribution in [2.45, 2.75) is 63.0 Å². The topological polar surface area (TPSA) is 99.6 Å². The maximum Gasteiger partial charge on any atom is 0.351 e. The van der Waals surface area contributed by atoms with Crippen molar-refractivity contribution < 1.29 is 23.1 Å². The number of rotatable bonds is 7. The van der Waals surface area contributed by atoms with Gasteiger partial charge in [0.05, 0.1) is 6.61 Å². The largest absolute Gasteiger partial charge is 0.404 e. The Hall–Kier alpha value is -2.92. The second-order valence-electron chi connectivity index (χ2n) is 10.5. The van der Waals surface area contributed by atoms with Crippen molar-refractivity contribution in [3.63, 3.8) is 0 Å². The van der Waals surface area contributed by atoms with E-state index in [1.54, 1.807) is 6.92 Å². The van der Waals surface area contributed by atoms with Gasteiger partial charge in [-0.2, -0.15) is 13.8 Å². The molecule has 1 saturated heterocycles. The molecule has 0 amide bonds. The number of halogens is 2. The Kier molecular flexibility index (Phi) is 7.15. The molecule has 0 unspecified atom stereocenters. The number of nitrogen functional groups attached to an aromatic ring is 1. The molecule has 3 atom stereocenters. The van der Waals surface area contributed by atoms with Gasteiger partial charge < -0.3 is 20.0 Å². The molecule has 0 spiro atoms. The monoisotopic (exact) mass is 529 g/mol. The van der Waals surface area contributed by atoms with E-state index in [2.05, 4.69) is 25.8 Å². The molecule has 7 nitrogen and oxygen atoms in total. The number of anilines is 1. The molecule has 1 aromatic heterocycles. The highest BCUT2D eigenvalue weighted by Gasteiger charge is 2.67. The predicted molar refractivity (Wildman–Crippen MR) is 141 cm³/mol. The van der Waals surface area contributed by atoms with Crippen LogP contribution in [0.15, 0.2) is 77.7 Å². The van der Waals surface area contributed by atoms with Crippen LogP contribution in [0, 0.1) is 0 Å². The van der Waals surface area contributed by atoms with Gasteiger partial charge in [-0.15, -0.1) is 0 Å². The Labute approximate surface area is 216 Å². The molecule has 1 aliphatic heterocycles. The van der Waals surface area contributed by atoms with Crippen LogP contribution >= 0.6 is 0 Å². The third-order valence-electron chi connectivity index (χ3n) is 7.19. The summed E-state index contributed by atoms with van der Waals surface area (Å²) in [6.07, 6.45) is -3.16. The molecule has 1 aliphatic rings. The number of hydrogen-bond donors (Lipinski definition) is 2. The molecule has 1 fully saturated rings. The molecule has 4 rings (SSSR count). The average molecular weight is 530 g/mol. The number of nitrogens with two attached hydrogens (primary N) is 1. The highest BCUT2D eigenvalue weighted by atomic mass is 28.4. The molecule has 198 valence electrons. The number of ether oxygens (including phenoxy) is 1. The van der Waals surface area contributed by atoms with Crippen LogP contribution in [0.3, 0.4) is 0 Å². The normalized spacial score (nSPS) is 23.8. The van der Waals surface area contributed by atoms with E-state index >= 15 is 8.78 Å². The van der Waals surface area contributed by atoms with Crippen LogP contribution in [0.5, 0.6) is 0 Å². The molecular formula is C27H33F2N3O4Si. The van der Waals surface area contributed by atoms with E-state index in [1.165, 1.54) is 6.07 Å². The number of aromatic nitrogens is 2. The summed E-state index contributed by atoms with van der Waals surface area (Å²) in [7, 11) is -3.11. The molecule has 2 aromatic carbocycles. The lowest BCUT2D eigenvalue weighted by molar-refractivity contribution is -0.145. The standard InChI is InChI=1S/C27H33F2N3O4Si/c1-5-26(22(33)27(28,29)23(36-26)32-17-16-21(30)31-24(32)34)18-35-37(25(2,3)4,19-12-8-6-9-13-19)20-14-10-7-11-15-20/h6-17,22-23,33H,5,18H2,1-4H3,(H2,30,31,34)/t22-,23-,26-/m1/s1. The van der Waals surface area contributed by atoms with Gasteiger partial charge in [-0.05, 0) is 27.9 Å². The van der Waals surface area contributed by atoms with Crippen LogP contribution in [-0.2, 0) is 9.16 Å². The fraction of sp³-hybridized carbons (Fsp3) is 0.407. The van der Waals surface area contributed by atoms with Gasteiger partial charge in [0.25, 0.3) is 8.32 Å². The van der Waals surface area contributed by atoms with Gasteiger partial charge in [0.1, 0.15) is 11.4 Å². The summed E-state index contributed by atoms with van der Waals surface area (Å²) in [5.41, 5.74) is 2.76. The molecule has 0 bridgehead atoms. The third kappa shape index (κ3) is 4.52. The van der Waals surface area contributed by atoms with Crippen molar-refractivity contribution in [1.29, 1.82) is 0 Å². The number of aliphatic hydroxyl groups excluding tert-OH is 1. The van der Waals surface area contributed by atoms with E-state index in [1.807, 2.05) is 60.7 Å². The van der Waals surface area contributed by atoms with E-state index in [-0.39, 0.29) is 18.8 Å². The number of nitrogens with zero attached hydrogens (tertiary/aromatic N) is 2. The lowest BCUT2D eigenvalue weighted by atomic mass is 9.93. The minimum Gasteiger partial charge on any atom is -0.404 e. The van der Waals surface area contributed by atoms with Crippen molar-refractivity contribution >= 4 is 24.5 Å². The summed E-state index contributed by atoms with van der Waals surface area (Å²) in [6.45, 7) is 7.56. The molecule has 37 heavy (non-hydrogen) atoms. The summed E-state index contributed by atoms with van der Waals surface area (Å²) in [6, 6.07) is 20.7. The summed E-state index contributed by atoms with van der Waals surface area (Å²) >= 11 is 0.